The van der Waals surface area contributed by atoms with Gasteiger partial charge in [-0.15, -0.1) is 0 Å². The Morgan fingerprint density at radius 1 is 1.17 bits per heavy atom. The lowest BCUT2D eigenvalue weighted by atomic mass is 9.99. The Morgan fingerprint density at radius 3 is 2.44 bits per heavy atom. The number of benzene rings is 1. The first-order chi connectivity index (χ1) is 8.81. The Morgan fingerprint density at radius 2 is 1.89 bits per heavy atom. The van der Waals surface area contributed by atoms with Crippen LogP contribution in [0.4, 0.5) is 0 Å². The molecule has 0 heterocycles. The molecule has 0 aliphatic rings. The van der Waals surface area contributed by atoms with Crippen molar-refractivity contribution < 1.29 is 9.47 Å². The third kappa shape index (κ3) is 5.14. The molecule has 0 aliphatic carbocycles. The van der Waals surface area contributed by atoms with Crippen LogP contribution in [0.5, 0.6) is 0 Å². The van der Waals surface area contributed by atoms with E-state index < -0.39 is 0 Å². The molecule has 0 bridgehead atoms. The summed E-state index contributed by atoms with van der Waals surface area (Å²) in [5.74, 6) is 0.339. The van der Waals surface area contributed by atoms with E-state index in [4.69, 9.17) is 15.2 Å². The third-order valence-electron chi connectivity index (χ3n) is 3.00. The van der Waals surface area contributed by atoms with Crippen molar-refractivity contribution in [3.05, 3.63) is 35.9 Å². The lowest BCUT2D eigenvalue weighted by Crippen LogP contribution is -2.35. The van der Waals surface area contributed by atoms with Crippen LogP contribution in [-0.2, 0) is 9.47 Å². The summed E-state index contributed by atoms with van der Waals surface area (Å²) in [5.41, 5.74) is 7.09. The fourth-order valence-electron chi connectivity index (χ4n) is 1.88. The van der Waals surface area contributed by atoms with Gasteiger partial charge in [-0.25, -0.2) is 0 Å². The highest BCUT2D eigenvalue weighted by atomic mass is 16.5. The summed E-state index contributed by atoms with van der Waals surface area (Å²) in [7, 11) is 3.38. The molecular weight excluding hydrogens is 228 g/mol. The second kappa shape index (κ2) is 9.05. The van der Waals surface area contributed by atoms with Gasteiger partial charge in [0.1, 0.15) is 0 Å². The maximum Gasteiger partial charge on any atom is 0.0928 e. The fourth-order valence-corrected chi connectivity index (χ4v) is 1.88. The van der Waals surface area contributed by atoms with Gasteiger partial charge in [-0.1, -0.05) is 30.3 Å². The predicted octanol–water partition coefficient (Wildman–Crippen LogP) is 0.980. The summed E-state index contributed by atoms with van der Waals surface area (Å²) in [6.45, 7) is 2.86. The molecule has 1 aromatic rings. The highest BCUT2D eigenvalue weighted by Crippen LogP contribution is 2.12. The van der Waals surface area contributed by atoms with E-state index in [2.05, 4.69) is 17.4 Å². The number of nitrogens with one attached hydrogen (secondary N) is 1. The molecule has 2 atom stereocenters. The average Bonchev–Trinajstić information content (AvgIpc) is 2.43. The minimum Gasteiger partial charge on any atom is -0.382 e. The Hall–Kier alpha value is -0.940. The van der Waals surface area contributed by atoms with Gasteiger partial charge in [0.25, 0.3) is 0 Å². The molecule has 0 amide bonds. The molecule has 102 valence electrons. The van der Waals surface area contributed by atoms with Crippen molar-refractivity contribution in [2.24, 2.45) is 5.73 Å². The second-order valence-corrected chi connectivity index (χ2v) is 4.31. The Kier molecular flexibility index (Phi) is 7.60. The Balaban J connectivity index is 2.36. The molecule has 1 aromatic carbocycles. The molecule has 0 aliphatic heterocycles. The van der Waals surface area contributed by atoms with Crippen LogP contribution in [0, 0.1) is 0 Å². The molecule has 18 heavy (non-hydrogen) atoms. The van der Waals surface area contributed by atoms with Gasteiger partial charge in [-0.05, 0) is 5.56 Å². The van der Waals surface area contributed by atoms with Crippen LogP contribution in [-0.4, -0.2) is 46.6 Å². The lowest BCUT2D eigenvalue weighted by molar-refractivity contribution is 0.0289. The van der Waals surface area contributed by atoms with Crippen molar-refractivity contribution >= 4 is 0 Å². The standard InChI is InChI=1S/C14H24N2O2/c1-17-11-14(18-2)10-16-9-13(8-15)12-6-4-3-5-7-12/h3-7,13-14,16H,8-11,15H2,1-2H3. The van der Waals surface area contributed by atoms with Crippen LogP contribution in [0.15, 0.2) is 30.3 Å². The Bertz CT molecular complexity index is 306. The van der Waals surface area contributed by atoms with Gasteiger partial charge < -0.3 is 20.5 Å². The molecule has 0 spiro atoms. The summed E-state index contributed by atoms with van der Waals surface area (Å²) in [4.78, 5) is 0. The summed E-state index contributed by atoms with van der Waals surface area (Å²) >= 11 is 0. The molecule has 0 saturated carbocycles. The normalized spacial score (nSPS) is 14.4. The van der Waals surface area contributed by atoms with Crippen LogP contribution in [0.25, 0.3) is 0 Å². The molecule has 2 unspecified atom stereocenters. The molecule has 0 aromatic heterocycles. The quantitative estimate of drug-likeness (QED) is 0.688. The van der Waals surface area contributed by atoms with Gasteiger partial charge in [-0.3, -0.25) is 0 Å². The van der Waals surface area contributed by atoms with Crippen molar-refractivity contribution in [1.82, 2.24) is 5.32 Å². The molecule has 4 heteroatoms. The number of nitrogens with two attached hydrogens (primary N) is 1. The lowest BCUT2D eigenvalue weighted by Gasteiger charge is -2.19. The second-order valence-electron chi connectivity index (χ2n) is 4.31. The molecular formula is C14H24N2O2. The Labute approximate surface area is 109 Å². The van der Waals surface area contributed by atoms with Crippen molar-refractivity contribution in [3.8, 4) is 0 Å². The largest absolute Gasteiger partial charge is 0.382 e. The van der Waals surface area contributed by atoms with Crippen molar-refractivity contribution in [3.63, 3.8) is 0 Å². The minimum absolute atomic E-state index is 0.0872. The molecule has 0 radical (unpaired) electrons. The van der Waals surface area contributed by atoms with Gasteiger partial charge in [0.2, 0.25) is 0 Å². The zero-order valence-electron chi connectivity index (χ0n) is 11.3. The smallest absolute Gasteiger partial charge is 0.0928 e. The zero-order valence-corrected chi connectivity index (χ0v) is 11.3. The number of hydrogen-bond donors (Lipinski definition) is 2. The summed E-state index contributed by atoms with van der Waals surface area (Å²) in [5, 5.41) is 3.39. The van der Waals surface area contributed by atoms with Gasteiger partial charge in [0, 0.05) is 39.8 Å². The van der Waals surface area contributed by atoms with Crippen LogP contribution in [0.2, 0.25) is 0 Å². The van der Waals surface area contributed by atoms with Gasteiger partial charge in [0.15, 0.2) is 0 Å². The first kappa shape index (κ1) is 15.1. The maximum atomic E-state index is 5.82. The number of hydrogen-bond acceptors (Lipinski definition) is 4. The zero-order chi connectivity index (χ0) is 13.2. The van der Waals surface area contributed by atoms with Crippen LogP contribution in [0.3, 0.4) is 0 Å². The monoisotopic (exact) mass is 252 g/mol. The van der Waals surface area contributed by atoms with Crippen LogP contribution >= 0.6 is 0 Å². The molecule has 1 rings (SSSR count). The van der Waals surface area contributed by atoms with Crippen molar-refractivity contribution in [2.75, 3.05) is 40.5 Å². The van der Waals surface area contributed by atoms with E-state index in [1.165, 1.54) is 5.56 Å². The number of ether oxygens (including phenoxy) is 2. The van der Waals surface area contributed by atoms with Crippen molar-refractivity contribution in [1.29, 1.82) is 0 Å². The minimum atomic E-state index is 0.0872. The SMILES string of the molecule is COCC(CNCC(CN)c1ccccc1)OC. The average molecular weight is 252 g/mol. The molecule has 4 nitrogen and oxygen atoms in total. The summed E-state index contributed by atoms with van der Waals surface area (Å²) < 4.78 is 10.4. The van der Waals surface area contributed by atoms with E-state index in [1.807, 2.05) is 18.2 Å². The van der Waals surface area contributed by atoms with E-state index in [9.17, 15) is 0 Å². The number of methoxy groups -OCH3 is 2. The first-order valence-electron chi connectivity index (χ1n) is 6.29. The molecule has 0 fully saturated rings. The highest BCUT2D eigenvalue weighted by molar-refractivity contribution is 5.20. The third-order valence-corrected chi connectivity index (χ3v) is 3.00. The topological polar surface area (TPSA) is 56.5 Å². The highest BCUT2D eigenvalue weighted by Gasteiger charge is 2.11. The van der Waals surface area contributed by atoms with Gasteiger partial charge in [-0.2, -0.15) is 0 Å². The number of rotatable bonds is 9. The van der Waals surface area contributed by atoms with E-state index in [-0.39, 0.29) is 6.10 Å². The fraction of sp³-hybridized carbons (Fsp3) is 0.571. The van der Waals surface area contributed by atoms with Crippen LogP contribution < -0.4 is 11.1 Å². The summed E-state index contributed by atoms with van der Waals surface area (Å²) in [6.07, 6.45) is 0.0872. The van der Waals surface area contributed by atoms with Crippen molar-refractivity contribution in [2.45, 2.75) is 12.0 Å². The van der Waals surface area contributed by atoms with Crippen LogP contribution in [0.1, 0.15) is 11.5 Å². The van der Waals surface area contributed by atoms with Gasteiger partial charge in [0.05, 0.1) is 12.7 Å². The molecule has 3 N–H and O–H groups in total. The molecule has 0 saturated heterocycles. The first-order valence-corrected chi connectivity index (χ1v) is 6.29. The maximum absolute atomic E-state index is 5.82. The van der Waals surface area contributed by atoms with Gasteiger partial charge >= 0.3 is 0 Å². The van der Waals surface area contributed by atoms with E-state index in [0.717, 1.165) is 13.1 Å². The predicted molar refractivity (Wildman–Crippen MR) is 73.8 cm³/mol. The summed E-state index contributed by atoms with van der Waals surface area (Å²) in [6, 6.07) is 10.3. The van der Waals surface area contributed by atoms with E-state index >= 15 is 0 Å². The van der Waals surface area contributed by atoms with E-state index in [1.54, 1.807) is 14.2 Å². The van der Waals surface area contributed by atoms with E-state index in [0.29, 0.717) is 19.1 Å².